The second-order valence-corrected chi connectivity index (χ2v) is 6.43. The van der Waals surface area contributed by atoms with E-state index < -0.39 is 12.1 Å². The molecule has 0 aliphatic heterocycles. The van der Waals surface area contributed by atoms with Gasteiger partial charge in [0.25, 0.3) is 0 Å². The summed E-state index contributed by atoms with van der Waals surface area (Å²) in [5.41, 5.74) is 1.73. The third-order valence-electron chi connectivity index (χ3n) is 3.25. The van der Waals surface area contributed by atoms with Crippen LogP contribution >= 0.6 is 22.9 Å². The molecule has 1 amide bonds. The van der Waals surface area contributed by atoms with Crippen molar-refractivity contribution in [1.82, 2.24) is 14.8 Å². The summed E-state index contributed by atoms with van der Waals surface area (Å²) < 4.78 is 6.65. The number of halogens is 1. The van der Waals surface area contributed by atoms with E-state index in [0.29, 0.717) is 28.5 Å². The zero-order valence-electron chi connectivity index (χ0n) is 13.3. The highest BCUT2D eigenvalue weighted by molar-refractivity contribution is 7.11. The summed E-state index contributed by atoms with van der Waals surface area (Å²) in [5.74, 6) is -1.06. The summed E-state index contributed by atoms with van der Waals surface area (Å²) in [6.45, 7) is 0.344. The summed E-state index contributed by atoms with van der Waals surface area (Å²) >= 11 is 7.05. The number of ether oxygens (including phenoxy) is 1. The second-order valence-electron chi connectivity index (χ2n) is 5.17. The molecule has 0 spiro atoms. The van der Waals surface area contributed by atoms with E-state index in [-0.39, 0.29) is 11.6 Å². The van der Waals surface area contributed by atoms with Gasteiger partial charge in [0, 0.05) is 22.2 Å². The number of amides is 1. The van der Waals surface area contributed by atoms with Gasteiger partial charge in [0.2, 0.25) is 5.01 Å². The van der Waals surface area contributed by atoms with Crippen LogP contribution in [-0.2, 0) is 17.9 Å². The number of nitrogens with one attached hydrogen (secondary N) is 1. The quantitative estimate of drug-likeness (QED) is 0.665. The lowest BCUT2D eigenvalue weighted by Gasteiger charge is -2.06. The van der Waals surface area contributed by atoms with Crippen molar-refractivity contribution in [2.45, 2.75) is 13.2 Å². The van der Waals surface area contributed by atoms with E-state index in [2.05, 4.69) is 15.4 Å². The van der Waals surface area contributed by atoms with Crippen molar-refractivity contribution in [1.29, 1.82) is 0 Å². The van der Waals surface area contributed by atoms with Crippen LogP contribution in [0.4, 0.5) is 10.5 Å². The van der Waals surface area contributed by atoms with E-state index in [9.17, 15) is 9.59 Å². The van der Waals surface area contributed by atoms with Crippen molar-refractivity contribution < 1.29 is 19.4 Å². The topological polar surface area (TPSA) is 106 Å². The van der Waals surface area contributed by atoms with Crippen LogP contribution in [-0.4, -0.2) is 31.9 Å². The van der Waals surface area contributed by atoms with Gasteiger partial charge in [-0.05, 0) is 6.07 Å². The van der Waals surface area contributed by atoms with E-state index in [1.807, 2.05) is 0 Å². The normalized spacial score (nSPS) is 10.5. The number of carbonyl (C=O) groups is 2. The molecule has 0 unspecified atom stereocenters. The fourth-order valence-corrected chi connectivity index (χ4v) is 2.91. The Balaban J connectivity index is 1.53. The summed E-state index contributed by atoms with van der Waals surface area (Å²) in [6.07, 6.45) is 2.42. The third-order valence-corrected chi connectivity index (χ3v) is 4.50. The number of aromatic nitrogens is 3. The van der Waals surface area contributed by atoms with Crippen molar-refractivity contribution in [3.63, 3.8) is 0 Å². The second kappa shape index (κ2) is 7.98. The van der Waals surface area contributed by atoms with Gasteiger partial charge in [0.1, 0.15) is 6.61 Å². The van der Waals surface area contributed by atoms with Crippen molar-refractivity contribution in [3.8, 4) is 0 Å². The first-order valence-electron chi connectivity index (χ1n) is 7.38. The van der Waals surface area contributed by atoms with Crippen LogP contribution in [0.25, 0.3) is 0 Å². The maximum atomic E-state index is 11.9. The van der Waals surface area contributed by atoms with Crippen LogP contribution in [0.15, 0.2) is 42.0 Å². The maximum absolute atomic E-state index is 11.9. The fraction of sp³-hybridized carbons (Fsp3) is 0.125. The standard InChI is InChI=1S/C16H13ClN4O4S/c17-13-4-2-1-3-10(13)8-25-16(24)20-11-5-18-21(6-11)7-12-9-26-14(19-12)15(22)23/h1-6,9H,7-8H2,(H,20,24)(H,22,23). The predicted molar refractivity (Wildman–Crippen MR) is 95.7 cm³/mol. The Labute approximate surface area is 157 Å². The molecule has 2 aromatic heterocycles. The average molecular weight is 393 g/mol. The molecule has 0 radical (unpaired) electrons. The molecule has 3 aromatic rings. The van der Waals surface area contributed by atoms with Gasteiger partial charge in [-0.2, -0.15) is 5.10 Å². The SMILES string of the molecule is O=C(Nc1cnn(Cc2csc(C(=O)O)n2)c1)OCc1ccccc1Cl. The number of rotatable bonds is 6. The Hall–Kier alpha value is -2.91. The zero-order chi connectivity index (χ0) is 18.5. The molecule has 1 aromatic carbocycles. The molecule has 2 N–H and O–H groups in total. The van der Waals surface area contributed by atoms with Crippen LogP contribution in [0.1, 0.15) is 21.1 Å². The number of hydrogen-bond acceptors (Lipinski definition) is 6. The molecular weight excluding hydrogens is 380 g/mol. The minimum atomic E-state index is -1.06. The molecule has 3 rings (SSSR count). The lowest BCUT2D eigenvalue weighted by atomic mass is 10.2. The van der Waals surface area contributed by atoms with Crippen LogP contribution in [0.5, 0.6) is 0 Å². The van der Waals surface area contributed by atoms with E-state index in [1.165, 1.54) is 10.9 Å². The van der Waals surface area contributed by atoms with Gasteiger partial charge < -0.3 is 9.84 Å². The number of anilines is 1. The Kier molecular flexibility index (Phi) is 5.49. The van der Waals surface area contributed by atoms with Gasteiger partial charge >= 0.3 is 12.1 Å². The highest BCUT2D eigenvalue weighted by Crippen LogP contribution is 2.16. The minimum absolute atomic E-state index is 0.0219. The van der Waals surface area contributed by atoms with E-state index in [0.717, 1.165) is 11.3 Å². The first-order chi connectivity index (χ1) is 12.5. The van der Waals surface area contributed by atoms with Crippen LogP contribution in [0.2, 0.25) is 5.02 Å². The highest BCUT2D eigenvalue weighted by Gasteiger charge is 2.11. The summed E-state index contributed by atoms with van der Waals surface area (Å²) in [5, 5.41) is 17.7. The summed E-state index contributed by atoms with van der Waals surface area (Å²) in [6, 6.07) is 7.09. The fourth-order valence-electron chi connectivity index (χ4n) is 2.07. The van der Waals surface area contributed by atoms with Gasteiger partial charge in [0.15, 0.2) is 0 Å². The third kappa shape index (κ3) is 4.58. The van der Waals surface area contributed by atoms with E-state index >= 15 is 0 Å². The summed E-state index contributed by atoms with van der Waals surface area (Å²) in [7, 11) is 0. The first-order valence-corrected chi connectivity index (χ1v) is 8.64. The van der Waals surface area contributed by atoms with Gasteiger partial charge in [0.05, 0.1) is 24.1 Å². The van der Waals surface area contributed by atoms with Crippen molar-refractivity contribution in [3.05, 3.63) is 63.3 Å². The molecule has 2 heterocycles. The number of carboxylic acid groups (broad SMARTS) is 1. The van der Waals surface area contributed by atoms with Crippen molar-refractivity contribution in [2.24, 2.45) is 0 Å². The largest absolute Gasteiger partial charge is 0.476 e. The number of carbonyl (C=O) groups excluding carboxylic acids is 1. The Morgan fingerprint density at radius 1 is 1.35 bits per heavy atom. The zero-order valence-corrected chi connectivity index (χ0v) is 14.8. The van der Waals surface area contributed by atoms with Gasteiger partial charge in [-0.15, -0.1) is 11.3 Å². The van der Waals surface area contributed by atoms with Crippen LogP contribution in [0.3, 0.4) is 0 Å². The van der Waals surface area contributed by atoms with Crippen LogP contribution in [0, 0.1) is 0 Å². The Morgan fingerprint density at radius 3 is 2.88 bits per heavy atom. The Bertz CT molecular complexity index is 940. The molecule has 0 atom stereocenters. The molecule has 26 heavy (non-hydrogen) atoms. The molecule has 0 saturated carbocycles. The molecule has 0 aliphatic carbocycles. The molecule has 8 nitrogen and oxygen atoms in total. The Morgan fingerprint density at radius 2 is 2.15 bits per heavy atom. The molecule has 0 fully saturated rings. The van der Waals surface area contributed by atoms with Gasteiger partial charge in [-0.1, -0.05) is 29.8 Å². The number of carboxylic acids is 1. The molecule has 134 valence electrons. The van der Waals surface area contributed by atoms with Gasteiger partial charge in [-0.3, -0.25) is 10.00 Å². The molecule has 0 saturated heterocycles. The molecule has 10 heteroatoms. The van der Waals surface area contributed by atoms with Crippen molar-refractivity contribution in [2.75, 3.05) is 5.32 Å². The smallest absolute Gasteiger partial charge is 0.412 e. The highest BCUT2D eigenvalue weighted by atomic mass is 35.5. The molecule has 0 bridgehead atoms. The monoisotopic (exact) mass is 392 g/mol. The molecular formula is C16H13ClN4O4S. The number of benzene rings is 1. The average Bonchev–Trinajstić information content (AvgIpc) is 3.24. The molecule has 0 aliphatic rings. The van der Waals surface area contributed by atoms with Gasteiger partial charge in [-0.25, -0.2) is 14.6 Å². The lowest BCUT2D eigenvalue weighted by Crippen LogP contribution is -2.13. The summed E-state index contributed by atoms with van der Waals surface area (Å²) in [4.78, 5) is 26.7. The van der Waals surface area contributed by atoms with Crippen LogP contribution < -0.4 is 5.32 Å². The number of hydrogen-bond donors (Lipinski definition) is 2. The van der Waals surface area contributed by atoms with E-state index in [1.54, 1.807) is 35.8 Å². The lowest BCUT2D eigenvalue weighted by molar-refractivity contribution is 0.0696. The predicted octanol–water partition coefficient (Wildman–Crippen LogP) is 3.49. The number of aromatic carboxylic acids is 1. The van der Waals surface area contributed by atoms with Crippen molar-refractivity contribution >= 4 is 40.7 Å². The minimum Gasteiger partial charge on any atom is -0.476 e. The first kappa shape index (κ1) is 17.9. The maximum Gasteiger partial charge on any atom is 0.412 e. The van der Waals surface area contributed by atoms with E-state index in [4.69, 9.17) is 21.4 Å². The number of thiazole rings is 1. The number of nitrogens with zero attached hydrogens (tertiary/aromatic N) is 3.